The van der Waals surface area contributed by atoms with Gasteiger partial charge in [-0.15, -0.1) is 0 Å². The van der Waals surface area contributed by atoms with Gasteiger partial charge in [0.05, 0.1) is 22.1 Å². The van der Waals surface area contributed by atoms with Crippen LogP contribution in [0.15, 0.2) is 150 Å². The average Bonchev–Trinajstić information content (AvgIpc) is 3.81. The van der Waals surface area contributed by atoms with Crippen molar-refractivity contribution in [2.75, 3.05) is 4.90 Å². The van der Waals surface area contributed by atoms with E-state index in [1.807, 2.05) is 42.5 Å². The molecular weight excluding hydrogens is 653 g/mol. The van der Waals surface area contributed by atoms with Gasteiger partial charge < -0.3 is 8.98 Å². The zero-order valence-corrected chi connectivity index (χ0v) is 29.9. The molecule has 1 aliphatic rings. The van der Waals surface area contributed by atoms with Crippen LogP contribution in [0.4, 0.5) is 11.9 Å². The largest absolute Gasteiger partial charge is 0.456 e. The molecule has 0 bridgehead atoms. The van der Waals surface area contributed by atoms with Crippen molar-refractivity contribution in [2.24, 2.45) is 0 Å². The highest BCUT2D eigenvalue weighted by Gasteiger charge is 2.54. The first-order valence-electron chi connectivity index (χ1n) is 18.0. The molecule has 0 saturated heterocycles. The highest BCUT2D eigenvalue weighted by Crippen LogP contribution is 2.52. The van der Waals surface area contributed by atoms with Gasteiger partial charge in [-0.25, -0.2) is 9.97 Å². The van der Waals surface area contributed by atoms with Gasteiger partial charge >= 0.3 is 0 Å². The molecule has 0 saturated carbocycles. The molecule has 6 aromatic carbocycles. The number of aromatic nitrogens is 5. The van der Waals surface area contributed by atoms with Crippen LogP contribution in [0.25, 0.3) is 78.0 Å². The summed E-state index contributed by atoms with van der Waals surface area (Å²) in [6, 6.07) is 50.0. The first-order chi connectivity index (χ1) is 25.8. The van der Waals surface area contributed by atoms with Crippen LogP contribution in [0.3, 0.4) is 0 Å². The summed E-state index contributed by atoms with van der Waals surface area (Å²) in [6.07, 6.45) is 0. The fraction of sp³-hybridized carbons (Fsp3) is 0.130. The molecule has 4 heterocycles. The summed E-state index contributed by atoms with van der Waals surface area (Å²) in [5.74, 6) is 2.49. The van der Waals surface area contributed by atoms with Crippen LogP contribution < -0.4 is 4.90 Å². The minimum Gasteiger partial charge on any atom is -0.456 e. The Hall–Kier alpha value is -6.60. The maximum absolute atomic E-state index is 6.31. The summed E-state index contributed by atoms with van der Waals surface area (Å²) < 4.78 is 8.67. The molecule has 0 amide bonds. The normalized spacial score (nSPS) is 14.7. The lowest BCUT2D eigenvalue weighted by Crippen LogP contribution is -2.51. The third-order valence-corrected chi connectivity index (χ3v) is 11.3. The van der Waals surface area contributed by atoms with Crippen molar-refractivity contribution in [1.82, 2.24) is 24.5 Å². The number of hydrogen-bond donors (Lipinski definition) is 0. The van der Waals surface area contributed by atoms with Crippen LogP contribution in [0.2, 0.25) is 0 Å². The number of hydrogen-bond acceptors (Lipinski definition) is 6. The van der Waals surface area contributed by atoms with Crippen molar-refractivity contribution in [3.63, 3.8) is 0 Å². The van der Waals surface area contributed by atoms with Crippen molar-refractivity contribution in [1.29, 1.82) is 0 Å². The van der Waals surface area contributed by atoms with Gasteiger partial charge in [0.15, 0.2) is 11.6 Å². The second-order valence-electron chi connectivity index (χ2n) is 14.7. The SMILES string of the molecule is CC1(C)N(c2nc(-c3ccc(-c4ccccc4)cc3)nc(-c3cccc4oc5ccccc5c34)n2)c2nc3c(-c4ccccc4)cccc3n2C1(C)C. The van der Waals surface area contributed by atoms with Crippen LogP contribution in [0, 0.1) is 0 Å². The van der Waals surface area contributed by atoms with Gasteiger partial charge in [-0.1, -0.05) is 127 Å². The number of fused-ring (bicyclic) bond motifs is 6. The minimum atomic E-state index is -0.478. The highest BCUT2D eigenvalue weighted by molar-refractivity contribution is 6.11. The fourth-order valence-electron chi connectivity index (χ4n) is 7.89. The van der Waals surface area contributed by atoms with Crippen LogP contribution in [-0.4, -0.2) is 30.0 Å². The van der Waals surface area contributed by atoms with E-state index in [9.17, 15) is 0 Å². The molecule has 1 aliphatic heterocycles. The van der Waals surface area contributed by atoms with E-state index in [1.54, 1.807) is 0 Å². The van der Waals surface area contributed by atoms with E-state index in [0.717, 1.165) is 72.3 Å². The Morgan fingerprint density at radius 1 is 0.472 bits per heavy atom. The zero-order valence-electron chi connectivity index (χ0n) is 29.9. The molecule has 9 aromatic rings. The van der Waals surface area contributed by atoms with Crippen LogP contribution in [0.1, 0.15) is 27.7 Å². The van der Waals surface area contributed by atoms with E-state index in [2.05, 4.69) is 140 Å². The first kappa shape index (κ1) is 31.2. The number of imidazole rings is 1. The van der Waals surface area contributed by atoms with E-state index in [4.69, 9.17) is 24.4 Å². The maximum atomic E-state index is 6.31. The molecule has 0 atom stereocenters. The lowest BCUT2D eigenvalue weighted by atomic mass is 9.82. The summed E-state index contributed by atoms with van der Waals surface area (Å²) in [6.45, 7) is 9.04. The average molecular weight is 689 g/mol. The first-order valence-corrected chi connectivity index (χ1v) is 18.0. The van der Waals surface area contributed by atoms with E-state index in [1.165, 1.54) is 0 Å². The summed E-state index contributed by atoms with van der Waals surface area (Å²) in [4.78, 5) is 23.5. The molecule has 256 valence electrons. The number of benzene rings is 6. The predicted molar refractivity (Wildman–Crippen MR) is 214 cm³/mol. The molecule has 0 unspecified atom stereocenters. The Morgan fingerprint density at radius 2 is 1.08 bits per heavy atom. The fourth-order valence-corrected chi connectivity index (χ4v) is 7.89. The van der Waals surface area contributed by atoms with Crippen molar-refractivity contribution in [3.05, 3.63) is 146 Å². The van der Waals surface area contributed by atoms with Gasteiger partial charge in [0.2, 0.25) is 11.9 Å². The lowest BCUT2D eigenvalue weighted by molar-refractivity contribution is 0.251. The van der Waals surface area contributed by atoms with Crippen LogP contribution in [-0.2, 0) is 5.54 Å². The number of nitrogens with zero attached hydrogens (tertiary/aromatic N) is 6. The Morgan fingerprint density at radius 3 is 1.85 bits per heavy atom. The number of furan rings is 1. The molecule has 3 aromatic heterocycles. The maximum Gasteiger partial charge on any atom is 0.237 e. The molecule has 7 nitrogen and oxygen atoms in total. The molecule has 0 aliphatic carbocycles. The van der Waals surface area contributed by atoms with E-state index in [-0.39, 0.29) is 0 Å². The quantitative estimate of drug-likeness (QED) is 0.179. The molecular formula is C46H36N6O. The van der Waals surface area contributed by atoms with E-state index >= 15 is 0 Å². The van der Waals surface area contributed by atoms with Gasteiger partial charge in [0.1, 0.15) is 11.2 Å². The molecule has 10 rings (SSSR count). The summed E-state index contributed by atoms with van der Waals surface area (Å²) in [7, 11) is 0. The van der Waals surface area contributed by atoms with Gasteiger partial charge in [-0.2, -0.15) is 9.97 Å². The van der Waals surface area contributed by atoms with Gasteiger partial charge in [0, 0.05) is 27.5 Å². The van der Waals surface area contributed by atoms with Gasteiger partial charge in [-0.05, 0) is 62.6 Å². The molecule has 0 N–H and O–H groups in total. The Balaban J connectivity index is 1.22. The molecule has 53 heavy (non-hydrogen) atoms. The Kier molecular flexibility index (Phi) is 6.73. The van der Waals surface area contributed by atoms with Crippen molar-refractivity contribution in [2.45, 2.75) is 38.8 Å². The minimum absolute atomic E-state index is 0.391. The highest BCUT2D eigenvalue weighted by atomic mass is 16.3. The van der Waals surface area contributed by atoms with Crippen molar-refractivity contribution < 1.29 is 4.42 Å². The lowest BCUT2D eigenvalue weighted by Gasteiger charge is -2.40. The smallest absolute Gasteiger partial charge is 0.237 e. The van der Waals surface area contributed by atoms with Crippen molar-refractivity contribution >= 4 is 44.9 Å². The molecule has 7 heteroatoms. The third kappa shape index (κ3) is 4.66. The summed E-state index contributed by atoms with van der Waals surface area (Å²) in [5, 5.41) is 2.00. The van der Waals surface area contributed by atoms with Gasteiger partial charge in [0.25, 0.3) is 0 Å². The van der Waals surface area contributed by atoms with Crippen molar-refractivity contribution in [3.8, 4) is 45.0 Å². The topological polar surface area (TPSA) is 72.9 Å². The number of para-hydroxylation sites is 2. The monoisotopic (exact) mass is 688 g/mol. The zero-order chi connectivity index (χ0) is 35.9. The second kappa shape index (κ2) is 11.5. The van der Waals surface area contributed by atoms with E-state index in [0.29, 0.717) is 17.6 Å². The standard InChI is InChI=1S/C46H36N6O/c1-45(2)46(3,4)52(44-47-40-33(31-17-9-6-10-18-31)20-13-22-36(40)51(44)45)43-49-41(32-27-25-30(26-28-32)29-15-7-5-8-16-29)48-42(50-43)35-21-14-24-38-39(35)34-19-11-12-23-37(34)53-38/h5-28H,1-4H3. The Bertz CT molecular complexity index is 2840. The van der Waals surface area contributed by atoms with E-state index < -0.39 is 11.1 Å². The predicted octanol–water partition coefficient (Wildman–Crippen LogP) is 11.5. The second-order valence-corrected chi connectivity index (χ2v) is 14.7. The molecule has 0 radical (unpaired) electrons. The number of anilines is 2. The Labute approximate surface area is 307 Å². The summed E-state index contributed by atoms with van der Waals surface area (Å²) >= 11 is 0. The van der Waals surface area contributed by atoms with Crippen LogP contribution >= 0.6 is 0 Å². The van der Waals surface area contributed by atoms with Crippen LogP contribution in [0.5, 0.6) is 0 Å². The van der Waals surface area contributed by atoms with Gasteiger partial charge in [-0.3, -0.25) is 4.90 Å². The molecule has 0 spiro atoms. The molecule has 0 fully saturated rings. The number of rotatable bonds is 5. The summed E-state index contributed by atoms with van der Waals surface area (Å²) in [5.41, 5.74) is 9.05. The third-order valence-electron chi connectivity index (χ3n) is 11.3.